The fourth-order valence-electron chi connectivity index (χ4n) is 2.64. The van der Waals surface area contributed by atoms with Crippen LogP contribution in [0.5, 0.6) is 0 Å². The van der Waals surface area contributed by atoms with Gasteiger partial charge in [0.05, 0.1) is 0 Å². The van der Waals surface area contributed by atoms with Gasteiger partial charge in [0.15, 0.2) is 0 Å². The van der Waals surface area contributed by atoms with Gasteiger partial charge in [0.2, 0.25) is 0 Å². The van der Waals surface area contributed by atoms with Crippen LogP contribution in [0.15, 0.2) is 30.3 Å². The van der Waals surface area contributed by atoms with Gasteiger partial charge in [-0.3, -0.25) is 0 Å². The molecule has 3 rings (SSSR count). The molecule has 0 amide bonds. The summed E-state index contributed by atoms with van der Waals surface area (Å²) in [7, 11) is 18.2. The van der Waals surface area contributed by atoms with Crippen molar-refractivity contribution < 1.29 is 20.8 Å². The molecule has 0 spiro atoms. The van der Waals surface area contributed by atoms with E-state index in [2.05, 4.69) is 74.4 Å². The molecule has 0 bridgehead atoms. The molecule has 116 valence electrons. The van der Waals surface area contributed by atoms with Crippen molar-refractivity contribution >= 4 is 28.4 Å². The number of benzene rings is 2. The summed E-state index contributed by atoms with van der Waals surface area (Å²) in [5, 5.41) is 0. The van der Waals surface area contributed by atoms with Crippen molar-refractivity contribution in [3.8, 4) is 11.1 Å². The zero-order valence-corrected chi connectivity index (χ0v) is 17.2. The van der Waals surface area contributed by atoms with Crippen molar-refractivity contribution in [3.05, 3.63) is 47.5 Å². The monoisotopic (exact) mass is 411 g/mol. The Morgan fingerprint density at radius 2 is 1.59 bits per heavy atom. The molecular weight excluding hydrogens is 394 g/mol. The summed E-state index contributed by atoms with van der Waals surface area (Å²) in [4.78, 5) is 4.26. The number of fused-ring (bicyclic) bond motifs is 3. The second-order valence-electron chi connectivity index (χ2n) is 5.61. The van der Waals surface area contributed by atoms with Crippen LogP contribution in [0.3, 0.4) is 0 Å². The topological polar surface area (TPSA) is 6.48 Å². The Morgan fingerprint density at radius 3 is 2.18 bits per heavy atom. The Morgan fingerprint density at radius 1 is 0.955 bits per heavy atom. The van der Waals surface area contributed by atoms with Crippen molar-refractivity contribution in [1.82, 2.24) is 0 Å². The molecule has 0 aliphatic heterocycles. The number of anilines is 2. The van der Waals surface area contributed by atoms with E-state index in [0.29, 0.717) is 0 Å². The van der Waals surface area contributed by atoms with Crippen LogP contribution >= 0.6 is 17.0 Å². The molecule has 1 aliphatic rings. The molecule has 0 fully saturated rings. The molecule has 0 unspecified atom stereocenters. The van der Waals surface area contributed by atoms with Crippen molar-refractivity contribution in [3.63, 3.8) is 0 Å². The summed E-state index contributed by atoms with van der Waals surface area (Å²) in [6.45, 7) is 0. The first-order valence-corrected chi connectivity index (χ1v) is 13.3. The summed E-state index contributed by atoms with van der Waals surface area (Å²) in [5.41, 5.74) is 7.84. The van der Waals surface area contributed by atoms with E-state index < -0.39 is 20.8 Å². The quantitative estimate of drug-likeness (QED) is 0.568. The van der Waals surface area contributed by atoms with E-state index in [1.165, 1.54) is 27.9 Å². The predicted octanol–water partition coefficient (Wildman–Crippen LogP) is 4.57. The van der Waals surface area contributed by atoms with Gasteiger partial charge in [-0.25, -0.2) is 0 Å². The van der Waals surface area contributed by atoms with Crippen LogP contribution in [0.2, 0.25) is 0 Å². The molecule has 0 heterocycles. The molecule has 5 heteroatoms. The van der Waals surface area contributed by atoms with Crippen LogP contribution in [-0.4, -0.2) is 28.2 Å². The summed E-state index contributed by atoms with van der Waals surface area (Å²) >= 11 is -0.826. The molecule has 0 N–H and O–H groups in total. The Bertz CT molecular complexity index is 602. The van der Waals surface area contributed by atoms with Gasteiger partial charge < -0.3 is 9.80 Å². The Hall–Kier alpha value is -0.497. The summed E-state index contributed by atoms with van der Waals surface area (Å²) in [5.74, 6) is 0. The minimum absolute atomic E-state index is 0.826. The number of halogens is 2. The molecule has 2 nitrogen and oxygen atoms in total. The molecule has 0 radical (unpaired) electrons. The van der Waals surface area contributed by atoms with E-state index in [4.69, 9.17) is 17.0 Å². The van der Waals surface area contributed by atoms with Gasteiger partial charge in [-0.05, 0) is 24.1 Å². The molecule has 0 atom stereocenters. The maximum absolute atomic E-state index is 4.93. The van der Waals surface area contributed by atoms with Gasteiger partial charge in [0.25, 0.3) is 0 Å². The van der Waals surface area contributed by atoms with Crippen molar-refractivity contribution in [2.45, 2.75) is 6.42 Å². The first kappa shape index (κ1) is 17.9. The average molecular weight is 413 g/mol. The van der Waals surface area contributed by atoms with E-state index in [-0.39, 0.29) is 0 Å². The zero-order chi connectivity index (χ0) is 16.3. The van der Waals surface area contributed by atoms with Crippen LogP contribution in [0.25, 0.3) is 11.1 Å². The maximum atomic E-state index is 4.93. The molecule has 1 aliphatic carbocycles. The molecule has 2 aromatic rings. The molecule has 2 aromatic carbocycles. The molecule has 0 saturated heterocycles. The second kappa shape index (κ2) is 7.86. The molecular formula is C17H19Cl2N2Zr-. The van der Waals surface area contributed by atoms with E-state index in [9.17, 15) is 0 Å². The average Bonchev–Trinajstić information content (AvgIpc) is 2.84. The Labute approximate surface area is 151 Å². The number of rotatable bonds is 2. The fraction of sp³-hybridized carbons (Fsp3) is 0.294. The van der Waals surface area contributed by atoms with Crippen molar-refractivity contribution in [1.29, 1.82) is 0 Å². The SMILES string of the molecule is CN(C)c1[c-]c2c(cc1)-c1ccc(N(C)C)cc1C2.[Cl][Zr][Cl]. The van der Waals surface area contributed by atoms with Gasteiger partial charge in [0, 0.05) is 33.9 Å². The van der Waals surface area contributed by atoms with Crippen molar-refractivity contribution in [2.75, 3.05) is 38.0 Å². The summed E-state index contributed by atoms with van der Waals surface area (Å²) < 4.78 is 0. The van der Waals surface area contributed by atoms with Gasteiger partial charge >= 0.3 is 37.9 Å². The van der Waals surface area contributed by atoms with Crippen LogP contribution in [0.4, 0.5) is 11.4 Å². The van der Waals surface area contributed by atoms with Gasteiger partial charge in [-0.2, -0.15) is 12.1 Å². The second-order valence-corrected chi connectivity index (χ2v) is 9.35. The number of hydrogen-bond donors (Lipinski definition) is 0. The molecule has 0 aromatic heterocycles. The third-order valence-electron chi connectivity index (χ3n) is 3.76. The van der Waals surface area contributed by atoms with Gasteiger partial charge in [-0.15, -0.1) is 17.2 Å². The summed E-state index contributed by atoms with van der Waals surface area (Å²) in [6.07, 6.45) is 0.994. The van der Waals surface area contributed by atoms with E-state index in [1.807, 2.05) is 0 Å². The van der Waals surface area contributed by atoms with Crippen LogP contribution in [0, 0.1) is 6.07 Å². The van der Waals surface area contributed by atoms with E-state index in [0.717, 1.165) is 12.1 Å². The normalized spacial score (nSPS) is 11.0. The Kier molecular flexibility index (Phi) is 6.38. The third-order valence-corrected chi connectivity index (χ3v) is 3.76. The predicted molar refractivity (Wildman–Crippen MR) is 93.9 cm³/mol. The minimum atomic E-state index is -0.826. The van der Waals surface area contributed by atoms with E-state index >= 15 is 0 Å². The molecule has 22 heavy (non-hydrogen) atoms. The zero-order valence-electron chi connectivity index (χ0n) is 13.2. The van der Waals surface area contributed by atoms with Crippen LogP contribution < -0.4 is 9.80 Å². The van der Waals surface area contributed by atoms with Gasteiger partial charge in [-0.1, -0.05) is 17.3 Å². The van der Waals surface area contributed by atoms with Gasteiger partial charge in [0.1, 0.15) is 0 Å². The number of hydrogen-bond acceptors (Lipinski definition) is 2. The molecule has 0 saturated carbocycles. The van der Waals surface area contributed by atoms with Crippen molar-refractivity contribution in [2.24, 2.45) is 0 Å². The van der Waals surface area contributed by atoms with Crippen LogP contribution in [0.1, 0.15) is 11.1 Å². The van der Waals surface area contributed by atoms with Crippen LogP contribution in [-0.2, 0) is 27.3 Å². The first-order chi connectivity index (χ1) is 10.5. The fourth-order valence-corrected chi connectivity index (χ4v) is 2.64. The summed E-state index contributed by atoms with van der Waals surface area (Å²) in [6, 6.07) is 14.6. The third kappa shape index (κ3) is 3.88. The van der Waals surface area contributed by atoms with E-state index in [1.54, 1.807) is 0 Å². The Balaban J connectivity index is 0.000000545. The first-order valence-electron chi connectivity index (χ1n) is 6.97. The number of nitrogens with zero attached hydrogens (tertiary/aromatic N) is 2. The standard InChI is InChI=1S/C17H19N2.2ClH.Zr/c1-18(2)14-5-7-16-12(10-14)9-13-11-15(19(3)4)6-8-17(13)16;;;/h5-8,10H,9H2,1-4H3;2*1H;/q-1;;;+2/p-2.